The van der Waals surface area contributed by atoms with Crippen molar-refractivity contribution in [1.29, 1.82) is 0 Å². The maximum absolute atomic E-state index is 12.9. The van der Waals surface area contributed by atoms with Crippen molar-refractivity contribution in [2.24, 2.45) is 0 Å². The van der Waals surface area contributed by atoms with E-state index in [2.05, 4.69) is 25.8 Å². The van der Waals surface area contributed by atoms with E-state index < -0.39 is 11.4 Å². The number of halogens is 1. The van der Waals surface area contributed by atoms with E-state index >= 15 is 0 Å². The van der Waals surface area contributed by atoms with Gasteiger partial charge in [-0.15, -0.1) is 0 Å². The van der Waals surface area contributed by atoms with Crippen LogP contribution >= 0.6 is 11.6 Å². The minimum Gasteiger partial charge on any atom is -0.492 e. The van der Waals surface area contributed by atoms with Gasteiger partial charge in [-0.05, 0) is 38.5 Å². The number of hydrogen-bond acceptors (Lipinski definition) is 7. The van der Waals surface area contributed by atoms with Crippen LogP contribution in [0.4, 0.5) is 0 Å². The van der Waals surface area contributed by atoms with Crippen LogP contribution in [0.15, 0.2) is 29.2 Å². The normalized spacial score (nSPS) is 12.8. The summed E-state index contributed by atoms with van der Waals surface area (Å²) in [6.45, 7) is 8.51. The molecule has 0 bridgehead atoms. The highest BCUT2D eigenvalue weighted by atomic mass is 35.5. The number of pyridine rings is 1. The molecule has 2 aromatic rings. The second kappa shape index (κ2) is 11.3. The second-order valence-electron chi connectivity index (χ2n) is 9.13. The topological polar surface area (TPSA) is 79.2 Å². The van der Waals surface area contributed by atoms with Crippen LogP contribution in [0, 0.1) is 0 Å². The fraction of sp³-hybridized carbons (Fsp3) is 0.520. The highest BCUT2D eigenvalue weighted by molar-refractivity contribution is 6.32. The van der Waals surface area contributed by atoms with Crippen molar-refractivity contribution in [1.82, 2.24) is 4.68 Å². The Balaban J connectivity index is 1.99. The van der Waals surface area contributed by atoms with Crippen molar-refractivity contribution in [3.05, 3.63) is 50.8 Å². The predicted octanol–water partition coefficient (Wildman–Crippen LogP) is 4.03. The number of carbonyl (C=O) groups is 1. The van der Waals surface area contributed by atoms with Crippen LogP contribution in [0.2, 0.25) is 5.02 Å². The van der Waals surface area contributed by atoms with Gasteiger partial charge in [0.15, 0.2) is 5.43 Å². The van der Waals surface area contributed by atoms with Crippen LogP contribution in [0.5, 0.6) is 5.75 Å². The van der Waals surface area contributed by atoms with Gasteiger partial charge >= 0.3 is 5.97 Å². The van der Waals surface area contributed by atoms with Crippen LogP contribution in [-0.2, 0) is 20.8 Å². The molecular formula is C25H33ClN2O6. The largest absolute Gasteiger partial charge is 0.492 e. The van der Waals surface area contributed by atoms with E-state index in [1.54, 1.807) is 20.4 Å². The molecule has 9 heteroatoms. The van der Waals surface area contributed by atoms with Gasteiger partial charge < -0.3 is 24.0 Å². The maximum Gasteiger partial charge on any atom is 0.343 e. The first-order valence-electron chi connectivity index (χ1n) is 11.3. The third-order valence-corrected chi connectivity index (χ3v) is 5.81. The molecule has 0 saturated carbocycles. The molecule has 0 spiro atoms. The average molecular weight is 493 g/mol. The molecule has 1 aromatic heterocycles. The number of rotatable bonds is 10. The summed E-state index contributed by atoms with van der Waals surface area (Å²) in [5.41, 5.74) is 1.75. The van der Waals surface area contributed by atoms with Crippen molar-refractivity contribution in [3.8, 4) is 17.0 Å². The zero-order chi connectivity index (χ0) is 24.9. The summed E-state index contributed by atoms with van der Waals surface area (Å²) in [5, 5.41) is 2.55. The minimum absolute atomic E-state index is 0.0111. The third-order valence-electron chi connectivity index (χ3n) is 5.52. The molecule has 34 heavy (non-hydrogen) atoms. The van der Waals surface area contributed by atoms with E-state index in [0.717, 1.165) is 17.5 Å². The second-order valence-corrected chi connectivity index (χ2v) is 9.53. The third kappa shape index (κ3) is 5.92. The van der Waals surface area contributed by atoms with E-state index in [4.69, 9.17) is 30.5 Å². The Morgan fingerprint density at radius 3 is 2.35 bits per heavy atom. The van der Waals surface area contributed by atoms with E-state index in [1.165, 1.54) is 6.07 Å². The number of fused-ring (bicyclic) bond motifs is 3. The predicted molar refractivity (Wildman–Crippen MR) is 132 cm³/mol. The summed E-state index contributed by atoms with van der Waals surface area (Å²) in [6.07, 6.45) is 2.87. The number of methoxy groups -OCH3 is 2. The minimum atomic E-state index is -0.645. The van der Waals surface area contributed by atoms with Crippen LogP contribution in [0.25, 0.3) is 11.3 Å². The fourth-order valence-corrected chi connectivity index (χ4v) is 4.00. The average Bonchev–Trinajstić information content (AvgIpc) is 2.78. The Hall–Kier alpha value is -2.55. The zero-order valence-corrected chi connectivity index (χ0v) is 21.2. The lowest BCUT2D eigenvalue weighted by atomic mass is 9.97. The number of benzene rings is 1. The number of nitrogens with zero attached hydrogens (tertiary/aromatic N) is 2. The Bertz CT molecular complexity index is 1080. The van der Waals surface area contributed by atoms with Gasteiger partial charge in [0.2, 0.25) is 0 Å². The van der Waals surface area contributed by atoms with Crippen molar-refractivity contribution in [2.45, 2.75) is 45.7 Å². The molecule has 3 rings (SSSR count). The van der Waals surface area contributed by atoms with Gasteiger partial charge in [-0.2, -0.15) is 0 Å². The first-order valence-corrected chi connectivity index (χ1v) is 11.7. The number of carbonyl (C=O) groups excluding carboxylic acids is 1. The molecule has 2 heterocycles. The molecule has 8 nitrogen and oxygen atoms in total. The highest BCUT2D eigenvalue weighted by Gasteiger charge is 2.31. The molecule has 0 atom stereocenters. The lowest BCUT2D eigenvalue weighted by Crippen LogP contribution is -2.51. The highest BCUT2D eigenvalue weighted by Crippen LogP contribution is 2.38. The van der Waals surface area contributed by atoms with Crippen LogP contribution < -0.4 is 15.2 Å². The molecule has 0 fully saturated rings. The van der Waals surface area contributed by atoms with Gasteiger partial charge in [0, 0.05) is 63.6 Å². The molecule has 0 N–H and O–H groups in total. The first kappa shape index (κ1) is 26.1. The monoisotopic (exact) mass is 492 g/mol. The summed E-state index contributed by atoms with van der Waals surface area (Å²) in [6, 6.07) is 5.21. The van der Waals surface area contributed by atoms with Gasteiger partial charge in [0.1, 0.15) is 11.3 Å². The number of esters is 1. The molecule has 1 aromatic carbocycles. The first-order chi connectivity index (χ1) is 16.2. The fourth-order valence-electron chi connectivity index (χ4n) is 3.78. The molecule has 1 aliphatic rings. The SMILES string of the molecule is COCCCOC(=O)c1cn2c(cc1=O)-c1cc(Cl)c(OCCCOC)cc1CN2C(C)(C)C. The summed E-state index contributed by atoms with van der Waals surface area (Å²) in [4.78, 5) is 25.5. The van der Waals surface area contributed by atoms with Crippen molar-refractivity contribution in [3.63, 3.8) is 0 Å². The lowest BCUT2D eigenvalue weighted by molar-refractivity contribution is 0.0465. The number of ether oxygens (including phenoxy) is 4. The molecular weight excluding hydrogens is 460 g/mol. The van der Waals surface area contributed by atoms with Gasteiger partial charge in [-0.3, -0.25) is 9.47 Å². The molecule has 0 saturated heterocycles. The molecule has 0 aliphatic carbocycles. The Labute approximate surface area is 205 Å². The van der Waals surface area contributed by atoms with Gasteiger partial charge in [0.25, 0.3) is 0 Å². The van der Waals surface area contributed by atoms with Crippen LogP contribution in [0.3, 0.4) is 0 Å². The van der Waals surface area contributed by atoms with E-state index in [0.29, 0.717) is 49.3 Å². The number of hydrogen-bond donors (Lipinski definition) is 0. The quantitative estimate of drug-likeness (QED) is 0.366. The molecule has 1 aliphatic heterocycles. The standard InChI is InChI=1S/C25H33ClN2O6/c1-25(2,3)28-15-17-12-23(33-10-6-8-31-4)20(26)13-18(17)21-14-22(29)19(16-27(21)28)24(30)34-11-7-9-32-5/h12-14,16H,6-11,15H2,1-5H3. The van der Waals surface area contributed by atoms with Crippen LogP contribution in [-0.4, -0.2) is 56.8 Å². The van der Waals surface area contributed by atoms with E-state index in [9.17, 15) is 9.59 Å². The lowest BCUT2D eigenvalue weighted by Gasteiger charge is -2.44. The van der Waals surface area contributed by atoms with Crippen LogP contribution in [0.1, 0.15) is 49.5 Å². The zero-order valence-electron chi connectivity index (χ0n) is 20.5. The summed E-state index contributed by atoms with van der Waals surface area (Å²) < 4.78 is 23.1. The molecule has 0 amide bonds. The van der Waals surface area contributed by atoms with Gasteiger partial charge in [0.05, 0.1) is 30.5 Å². The maximum atomic E-state index is 12.9. The van der Waals surface area contributed by atoms with Crippen molar-refractivity contribution >= 4 is 17.6 Å². The number of aromatic nitrogens is 1. The Kier molecular flexibility index (Phi) is 8.62. The van der Waals surface area contributed by atoms with Gasteiger partial charge in [-0.1, -0.05) is 11.6 Å². The summed E-state index contributed by atoms with van der Waals surface area (Å²) >= 11 is 6.53. The smallest absolute Gasteiger partial charge is 0.343 e. The van der Waals surface area contributed by atoms with E-state index in [-0.39, 0.29) is 17.7 Å². The molecule has 0 unspecified atom stereocenters. The Morgan fingerprint density at radius 2 is 1.71 bits per heavy atom. The Morgan fingerprint density at radius 1 is 1.03 bits per heavy atom. The van der Waals surface area contributed by atoms with Crippen molar-refractivity contribution in [2.75, 3.05) is 45.7 Å². The summed E-state index contributed by atoms with van der Waals surface area (Å²) in [7, 11) is 3.23. The van der Waals surface area contributed by atoms with Crippen molar-refractivity contribution < 1.29 is 23.7 Å². The molecule has 0 radical (unpaired) electrons. The molecule has 186 valence electrons. The van der Waals surface area contributed by atoms with Gasteiger partial charge in [-0.25, -0.2) is 4.79 Å². The van der Waals surface area contributed by atoms with E-state index in [1.807, 2.05) is 16.8 Å². The summed E-state index contributed by atoms with van der Waals surface area (Å²) in [5.74, 6) is -0.0497.